The van der Waals surface area contributed by atoms with Gasteiger partial charge in [-0.15, -0.1) is 0 Å². The number of benzene rings is 1. The van der Waals surface area contributed by atoms with Crippen LogP contribution in [0.2, 0.25) is 0 Å². The second kappa shape index (κ2) is 7.65. The SMILES string of the molecule is CCc1ccc(CC(=O)Nc2nc3c(s2)CN(C(=O)OC)CC3)cc1. The van der Waals surface area contributed by atoms with Crippen LogP contribution in [0.25, 0.3) is 0 Å². The fourth-order valence-corrected chi connectivity index (χ4v) is 3.82. The van der Waals surface area contributed by atoms with Crippen LogP contribution in [0.1, 0.15) is 28.6 Å². The van der Waals surface area contributed by atoms with Crippen molar-refractivity contribution in [2.45, 2.75) is 32.7 Å². The van der Waals surface area contributed by atoms with Gasteiger partial charge >= 0.3 is 6.09 Å². The van der Waals surface area contributed by atoms with Crippen molar-refractivity contribution in [2.75, 3.05) is 19.0 Å². The number of aryl methyl sites for hydroxylation is 1. The third-order valence-corrected chi connectivity index (χ3v) is 5.20. The van der Waals surface area contributed by atoms with E-state index in [-0.39, 0.29) is 12.0 Å². The Balaban J connectivity index is 1.61. The Kier molecular flexibility index (Phi) is 5.33. The fraction of sp³-hybridized carbons (Fsp3) is 0.389. The number of hydrogen-bond acceptors (Lipinski definition) is 5. The van der Waals surface area contributed by atoms with Gasteiger partial charge in [-0.2, -0.15) is 0 Å². The maximum Gasteiger partial charge on any atom is 0.409 e. The standard InChI is InChI=1S/C18H21N3O3S/c1-3-12-4-6-13(7-5-12)10-16(22)20-17-19-14-8-9-21(18(23)24-2)11-15(14)25-17/h4-7H,3,8-11H2,1-2H3,(H,19,20,22). The number of carbonyl (C=O) groups excluding carboxylic acids is 2. The average molecular weight is 359 g/mol. The lowest BCUT2D eigenvalue weighted by Crippen LogP contribution is -2.35. The Morgan fingerprint density at radius 2 is 2.00 bits per heavy atom. The number of amides is 2. The zero-order valence-corrected chi connectivity index (χ0v) is 15.2. The molecule has 1 aromatic carbocycles. The van der Waals surface area contributed by atoms with Gasteiger partial charge in [0, 0.05) is 17.8 Å². The Hall–Kier alpha value is -2.41. The highest BCUT2D eigenvalue weighted by atomic mass is 32.1. The molecule has 0 atom stereocenters. The summed E-state index contributed by atoms with van der Waals surface area (Å²) in [4.78, 5) is 31.0. The Labute approximate surface area is 150 Å². The zero-order valence-electron chi connectivity index (χ0n) is 14.4. The first-order chi connectivity index (χ1) is 12.1. The van der Waals surface area contributed by atoms with Crippen molar-refractivity contribution < 1.29 is 14.3 Å². The van der Waals surface area contributed by atoms with E-state index in [4.69, 9.17) is 4.74 Å². The van der Waals surface area contributed by atoms with Gasteiger partial charge in [0.15, 0.2) is 5.13 Å². The molecule has 0 fully saturated rings. The minimum absolute atomic E-state index is 0.0832. The molecule has 7 heteroatoms. The van der Waals surface area contributed by atoms with Crippen molar-refractivity contribution in [1.29, 1.82) is 0 Å². The summed E-state index contributed by atoms with van der Waals surface area (Å²) in [5.74, 6) is -0.0832. The summed E-state index contributed by atoms with van der Waals surface area (Å²) < 4.78 is 4.76. The van der Waals surface area contributed by atoms with Crippen LogP contribution in [0.3, 0.4) is 0 Å². The summed E-state index contributed by atoms with van der Waals surface area (Å²) in [7, 11) is 1.38. The molecule has 3 rings (SSSR count). The van der Waals surface area contributed by atoms with Crippen LogP contribution in [0.5, 0.6) is 0 Å². The molecule has 0 radical (unpaired) electrons. The molecule has 2 aromatic rings. The molecule has 0 aliphatic carbocycles. The summed E-state index contributed by atoms with van der Waals surface area (Å²) in [5.41, 5.74) is 3.19. The first kappa shape index (κ1) is 17.4. The third-order valence-electron chi connectivity index (χ3n) is 4.21. The van der Waals surface area contributed by atoms with Crippen molar-refractivity contribution in [2.24, 2.45) is 0 Å². The van der Waals surface area contributed by atoms with E-state index in [0.29, 0.717) is 31.1 Å². The molecule has 2 heterocycles. The van der Waals surface area contributed by atoms with Crippen LogP contribution < -0.4 is 5.32 Å². The van der Waals surface area contributed by atoms with Gasteiger partial charge in [0.25, 0.3) is 0 Å². The van der Waals surface area contributed by atoms with E-state index >= 15 is 0 Å². The first-order valence-electron chi connectivity index (χ1n) is 8.28. The molecule has 25 heavy (non-hydrogen) atoms. The molecule has 1 N–H and O–H groups in total. The summed E-state index contributed by atoms with van der Waals surface area (Å²) in [6, 6.07) is 8.07. The highest BCUT2D eigenvalue weighted by Gasteiger charge is 2.24. The van der Waals surface area contributed by atoms with Gasteiger partial charge in [0.2, 0.25) is 5.91 Å². The van der Waals surface area contributed by atoms with E-state index in [1.165, 1.54) is 24.0 Å². The number of fused-ring (bicyclic) bond motifs is 1. The molecule has 1 aromatic heterocycles. The zero-order chi connectivity index (χ0) is 17.8. The first-order valence-corrected chi connectivity index (χ1v) is 9.09. The van der Waals surface area contributed by atoms with Crippen molar-refractivity contribution >= 4 is 28.5 Å². The highest BCUT2D eigenvalue weighted by molar-refractivity contribution is 7.15. The molecule has 0 saturated carbocycles. The van der Waals surface area contributed by atoms with Crippen LogP contribution in [-0.4, -0.2) is 35.5 Å². The van der Waals surface area contributed by atoms with E-state index in [1.807, 2.05) is 24.3 Å². The predicted octanol–water partition coefficient (Wildman–Crippen LogP) is 3.01. The summed E-state index contributed by atoms with van der Waals surface area (Å²) in [6.07, 6.45) is 1.65. The minimum atomic E-state index is -0.333. The molecule has 2 amide bonds. The molecule has 1 aliphatic heterocycles. The van der Waals surface area contributed by atoms with Crippen LogP contribution >= 0.6 is 11.3 Å². The number of carbonyl (C=O) groups is 2. The lowest BCUT2D eigenvalue weighted by atomic mass is 10.1. The Morgan fingerprint density at radius 3 is 2.68 bits per heavy atom. The largest absolute Gasteiger partial charge is 0.453 e. The molecule has 0 bridgehead atoms. The Morgan fingerprint density at radius 1 is 1.28 bits per heavy atom. The third kappa shape index (κ3) is 4.17. The normalized spacial score (nSPS) is 13.3. The maximum atomic E-state index is 12.2. The van der Waals surface area contributed by atoms with Gasteiger partial charge in [-0.1, -0.05) is 42.5 Å². The van der Waals surface area contributed by atoms with E-state index in [0.717, 1.165) is 22.6 Å². The van der Waals surface area contributed by atoms with Gasteiger partial charge in [0.05, 0.1) is 25.8 Å². The van der Waals surface area contributed by atoms with E-state index in [2.05, 4.69) is 17.2 Å². The monoisotopic (exact) mass is 359 g/mol. The number of hydrogen-bond donors (Lipinski definition) is 1. The molecule has 132 valence electrons. The van der Waals surface area contributed by atoms with Crippen LogP contribution in [0.4, 0.5) is 9.93 Å². The topological polar surface area (TPSA) is 71.5 Å². The number of nitrogens with zero attached hydrogens (tertiary/aromatic N) is 2. The number of methoxy groups -OCH3 is 1. The van der Waals surface area contributed by atoms with Gasteiger partial charge in [-0.25, -0.2) is 9.78 Å². The number of anilines is 1. The van der Waals surface area contributed by atoms with Crippen molar-refractivity contribution in [1.82, 2.24) is 9.88 Å². The van der Waals surface area contributed by atoms with Crippen molar-refractivity contribution in [3.8, 4) is 0 Å². The second-order valence-electron chi connectivity index (χ2n) is 5.93. The summed E-state index contributed by atoms with van der Waals surface area (Å²) >= 11 is 1.42. The summed E-state index contributed by atoms with van der Waals surface area (Å²) in [6.45, 7) is 3.17. The molecule has 0 saturated heterocycles. The number of rotatable bonds is 4. The number of thiazole rings is 1. The molecular weight excluding hydrogens is 338 g/mol. The van der Waals surface area contributed by atoms with Crippen LogP contribution in [0, 0.1) is 0 Å². The molecule has 1 aliphatic rings. The number of nitrogens with one attached hydrogen (secondary N) is 1. The Bertz CT molecular complexity index is 770. The number of ether oxygens (including phenoxy) is 1. The highest BCUT2D eigenvalue weighted by Crippen LogP contribution is 2.28. The quantitative estimate of drug-likeness (QED) is 0.911. The van der Waals surface area contributed by atoms with Gasteiger partial charge in [-0.05, 0) is 17.5 Å². The van der Waals surface area contributed by atoms with Crippen LogP contribution in [0.15, 0.2) is 24.3 Å². The van der Waals surface area contributed by atoms with E-state index in [1.54, 1.807) is 4.90 Å². The van der Waals surface area contributed by atoms with E-state index < -0.39 is 0 Å². The van der Waals surface area contributed by atoms with Crippen LogP contribution in [-0.2, 0) is 35.3 Å². The smallest absolute Gasteiger partial charge is 0.409 e. The molecule has 0 unspecified atom stereocenters. The predicted molar refractivity (Wildman–Crippen MR) is 96.8 cm³/mol. The van der Waals surface area contributed by atoms with Crippen molar-refractivity contribution in [3.63, 3.8) is 0 Å². The lowest BCUT2D eigenvalue weighted by molar-refractivity contribution is -0.115. The molecule has 0 spiro atoms. The van der Waals surface area contributed by atoms with Gasteiger partial charge < -0.3 is 15.0 Å². The molecular formula is C18H21N3O3S. The lowest BCUT2D eigenvalue weighted by Gasteiger charge is -2.24. The maximum absolute atomic E-state index is 12.2. The van der Waals surface area contributed by atoms with Crippen molar-refractivity contribution in [3.05, 3.63) is 46.0 Å². The number of aromatic nitrogens is 1. The minimum Gasteiger partial charge on any atom is -0.453 e. The van der Waals surface area contributed by atoms with E-state index in [9.17, 15) is 9.59 Å². The van der Waals surface area contributed by atoms with Gasteiger partial charge in [-0.3, -0.25) is 4.79 Å². The molecule has 6 nitrogen and oxygen atoms in total. The fourth-order valence-electron chi connectivity index (χ4n) is 2.78. The van der Waals surface area contributed by atoms with Gasteiger partial charge in [0.1, 0.15) is 0 Å². The summed E-state index contributed by atoms with van der Waals surface area (Å²) in [5, 5.41) is 3.46. The average Bonchev–Trinajstić information content (AvgIpc) is 3.02. The second-order valence-corrected chi connectivity index (χ2v) is 7.01.